The molecule has 1 aromatic carbocycles. The number of amides is 1. The lowest BCUT2D eigenvalue weighted by atomic mass is 10.1. The van der Waals surface area contributed by atoms with Crippen molar-refractivity contribution in [3.8, 4) is 0 Å². The molecule has 5 nitrogen and oxygen atoms in total. The smallest absolute Gasteiger partial charge is 0.328 e. The van der Waals surface area contributed by atoms with Crippen LogP contribution in [0.5, 0.6) is 0 Å². The van der Waals surface area contributed by atoms with Crippen LogP contribution in [-0.2, 0) is 9.59 Å². The third kappa shape index (κ3) is 3.84. The number of anilines is 1. The molecule has 0 spiro atoms. The first-order valence-electron chi connectivity index (χ1n) is 6.28. The third-order valence-electron chi connectivity index (χ3n) is 3.00. The summed E-state index contributed by atoms with van der Waals surface area (Å²) in [5, 5.41) is 11.6. The van der Waals surface area contributed by atoms with E-state index in [-0.39, 0.29) is 12.5 Å². The van der Waals surface area contributed by atoms with Crippen LogP contribution in [0.1, 0.15) is 12.0 Å². The Kier molecular flexibility index (Phi) is 4.79. The Morgan fingerprint density at radius 3 is 3.00 bits per heavy atom. The number of rotatable bonds is 3. The van der Waals surface area contributed by atoms with E-state index in [9.17, 15) is 9.59 Å². The molecule has 0 atom stereocenters. The average Bonchev–Trinajstić information content (AvgIpc) is 2.61. The maximum atomic E-state index is 11.7. The summed E-state index contributed by atoms with van der Waals surface area (Å²) in [7, 11) is 0. The molecule has 6 heteroatoms. The SMILES string of the molecule is O=C(O)C=Cc1ccc(Br)cc1N1CCCNC(=O)C1. The van der Waals surface area contributed by atoms with Gasteiger partial charge < -0.3 is 15.3 Å². The fourth-order valence-electron chi connectivity index (χ4n) is 2.10. The van der Waals surface area contributed by atoms with E-state index in [1.165, 1.54) is 0 Å². The highest BCUT2D eigenvalue weighted by Crippen LogP contribution is 2.27. The Balaban J connectivity index is 2.34. The Labute approximate surface area is 125 Å². The standard InChI is InChI=1S/C14H15BrN2O3/c15-11-4-2-10(3-5-14(19)20)12(8-11)17-7-1-6-16-13(18)9-17/h2-5,8H,1,6-7,9H2,(H,16,18)(H,19,20). The van der Waals surface area contributed by atoms with Gasteiger partial charge in [0.1, 0.15) is 0 Å². The predicted octanol–water partition coefficient (Wildman–Crippen LogP) is 1.87. The fraction of sp³-hybridized carbons (Fsp3) is 0.286. The molecular formula is C14H15BrN2O3. The van der Waals surface area contributed by atoms with Crippen LogP contribution in [0, 0.1) is 0 Å². The van der Waals surface area contributed by atoms with Crippen LogP contribution in [0.2, 0.25) is 0 Å². The second-order valence-electron chi connectivity index (χ2n) is 4.50. The molecule has 1 saturated heterocycles. The highest BCUT2D eigenvalue weighted by molar-refractivity contribution is 9.10. The van der Waals surface area contributed by atoms with Crippen LogP contribution in [0.15, 0.2) is 28.7 Å². The number of hydrogen-bond donors (Lipinski definition) is 2. The van der Waals surface area contributed by atoms with Gasteiger partial charge in [0.2, 0.25) is 5.91 Å². The summed E-state index contributed by atoms with van der Waals surface area (Å²) < 4.78 is 0.893. The second kappa shape index (κ2) is 6.56. The number of carbonyl (C=O) groups excluding carboxylic acids is 1. The Bertz CT molecular complexity index is 557. The number of benzene rings is 1. The van der Waals surface area contributed by atoms with E-state index < -0.39 is 5.97 Å². The summed E-state index contributed by atoms with van der Waals surface area (Å²) in [6, 6.07) is 5.59. The monoisotopic (exact) mass is 338 g/mol. The van der Waals surface area contributed by atoms with E-state index in [2.05, 4.69) is 21.2 Å². The molecule has 1 aliphatic rings. The number of aliphatic carboxylic acids is 1. The zero-order valence-corrected chi connectivity index (χ0v) is 12.4. The van der Waals surface area contributed by atoms with Crippen molar-refractivity contribution in [2.75, 3.05) is 24.5 Å². The van der Waals surface area contributed by atoms with Crippen molar-refractivity contribution < 1.29 is 14.7 Å². The minimum Gasteiger partial charge on any atom is -0.478 e. The second-order valence-corrected chi connectivity index (χ2v) is 5.42. The maximum absolute atomic E-state index is 11.7. The Morgan fingerprint density at radius 2 is 2.25 bits per heavy atom. The zero-order chi connectivity index (χ0) is 14.5. The topological polar surface area (TPSA) is 69.6 Å². The molecule has 0 saturated carbocycles. The first-order valence-corrected chi connectivity index (χ1v) is 7.08. The molecule has 2 rings (SSSR count). The van der Waals surface area contributed by atoms with Crippen LogP contribution < -0.4 is 10.2 Å². The molecule has 1 aliphatic heterocycles. The van der Waals surface area contributed by atoms with Gasteiger partial charge in [-0.25, -0.2) is 4.79 Å². The molecule has 0 unspecified atom stereocenters. The molecule has 2 N–H and O–H groups in total. The molecule has 0 aliphatic carbocycles. The lowest BCUT2D eigenvalue weighted by molar-refractivity contribution is -0.131. The van der Waals surface area contributed by atoms with Gasteiger partial charge in [-0.3, -0.25) is 4.79 Å². The highest BCUT2D eigenvalue weighted by atomic mass is 79.9. The highest BCUT2D eigenvalue weighted by Gasteiger charge is 2.17. The summed E-state index contributed by atoms with van der Waals surface area (Å²) >= 11 is 3.41. The molecule has 0 bridgehead atoms. The molecule has 1 fully saturated rings. The van der Waals surface area contributed by atoms with Crippen molar-refractivity contribution in [1.29, 1.82) is 0 Å². The Morgan fingerprint density at radius 1 is 1.45 bits per heavy atom. The average molecular weight is 339 g/mol. The molecule has 0 radical (unpaired) electrons. The van der Waals surface area contributed by atoms with Gasteiger partial charge in [-0.2, -0.15) is 0 Å². The molecule has 1 heterocycles. The maximum Gasteiger partial charge on any atom is 0.328 e. The zero-order valence-electron chi connectivity index (χ0n) is 10.8. The third-order valence-corrected chi connectivity index (χ3v) is 3.49. The number of nitrogens with zero attached hydrogens (tertiary/aromatic N) is 1. The van der Waals surface area contributed by atoms with E-state index in [1.54, 1.807) is 6.08 Å². The van der Waals surface area contributed by atoms with Crippen molar-refractivity contribution >= 4 is 39.6 Å². The van der Waals surface area contributed by atoms with Crippen LogP contribution >= 0.6 is 15.9 Å². The summed E-state index contributed by atoms with van der Waals surface area (Å²) in [5.41, 5.74) is 1.64. The van der Waals surface area contributed by atoms with Gasteiger partial charge in [0.05, 0.1) is 6.54 Å². The number of halogens is 1. The summed E-state index contributed by atoms with van der Waals surface area (Å²) in [6.07, 6.45) is 3.51. The van der Waals surface area contributed by atoms with Gasteiger partial charge in [0.25, 0.3) is 0 Å². The van der Waals surface area contributed by atoms with Crippen molar-refractivity contribution in [2.24, 2.45) is 0 Å². The quantitative estimate of drug-likeness (QED) is 0.825. The molecular weight excluding hydrogens is 324 g/mol. The summed E-state index contributed by atoms with van der Waals surface area (Å²) in [4.78, 5) is 24.3. The summed E-state index contributed by atoms with van der Waals surface area (Å²) in [5.74, 6) is -1.01. The lowest BCUT2D eigenvalue weighted by Crippen LogP contribution is -2.33. The normalized spacial score (nSPS) is 16.1. The first kappa shape index (κ1) is 14.6. The van der Waals surface area contributed by atoms with Crippen LogP contribution in [0.4, 0.5) is 5.69 Å². The number of carboxylic acid groups (broad SMARTS) is 1. The Hall–Kier alpha value is -1.82. The van der Waals surface area contributed by atoms with Crippen molar-refractivity contribution in [2.45, 2.75) is 6.42 Å². The van der Waals surface area contributed by atoms with Crippen LogP contribution in [0.3, 0.4) is 0 Å². The van der Waals surface area contributed by atoms with E-state index in [0.29, 0.717) is 6.54 Å². The van der Waals surface area contributed by atoms with E-state index in [1.807, 2.05) is 23.1 Å². The minimum absolute atomic E-state index is 0.0179. The lowest BCUT2D eigenvalue weighted by Gasteiger charge is -2.23. The van der Waals surface area contributed by atoms with Gasteiger partial charge in [0.15, 0.2) is 0 Å². The fourth-order valence-corrected chi connectivity index (χ4v) is 2.45. The number of hydrogen-bond acceptors (Lipinski definition) is 3. The van der Waals surface area contributed by atoms with E-state index in [4.69, 9.17) is 5.11 Å². The number of carbonyl (C=O) groups is 2. The van der Waals surface area contributed by atoms with Gasteiger partial charge in [0, 0.05) is 29.3 Å². The first-order chi connectivity index (χ1) is 9.56. The van der Waals surface area contributed by atoms with Crippen LogP contribution in [-0.4, -0.2) is 36.6 Å². The van der Waals surface area contributed by atoms with Gasteiger partial charge in [-0.15, -0.1) is 0 Å². The summed E-state index contributed by atoms with van der Waals surface area (Å²) in [6.45, 7) is 1.71. The molecule has 0 aromatic heterocycles. The van der Waals surface area contributed by atoms with Crippen molar-refractivity contribution in [3.05, 3.63) is 34.3 Å². The van der Waals surface area contributed by atoms with Gasteiger partial charge >= 0.3 is 5.97 Å². The molecule has 1 aromatic rings. The predicted molar refractivity (Wildman–Crippen MR) is 80.7 cm³/mol. The van der Waals surface area contributed by atoms with E-state index >= 15 is 0 Å². The van der Waals surface area contributed by atoms with Gasteiger partial charge in [-0.05, 0) is 30.2 Å². The number of carboxylic acids is 1. The largest absolute Gasteiger partial charge is 0.478 e. The molecule has 20 heavy (non-hydrogen) atoms. The van der Waals surface area contributed by atoms with Crippen molar-refractivity contribution in [3.63, 3.8) is 0 Å². The van der Waals surface area contributed by atoms with Gasteiger partial charge in [-0.1, -0.05) is 22.0 Å². The molecule has 106 valence electrons. The number of nitrogens with one attached hydrogen (secondary N) is 1. The van der Waals surface area contributed by atoms with E-state index in [0.717, 1.165) is 34.8 Å². The molecule has 1 amide bonds. The van der Waals surface area contributed by atoms with Crippen molar-refractivity contribution in [1.82, 2.24) is 5.32 Å². The van der Waals surface area contributed by atoms with Crippen LogP contribution in [0.25, 0.3) is 6.08 Å². The minimum atomic E-state index is -0.993.